The molecule has 0 aromatic heterocycles. The van der Waals surface area contributed by atoms with Crippen LogP contribution in [0, 0.1) is 0 Å². The van der Waals surface area contributed by atoms with Gasteiger partial charge in [0.05, 0.1) is 12.1 Å². The van der Waals surface area contributed by atoms with E-state index >= 15 is 0 Å². The molecule has 0 unspecified atom stereocenters. The monoisotopic (exact) mass is 486 g/mol. The molecule has 0 aliphatic carbocycles. The lowest BCUT2D eigenvalue weighted by Crippen LogP contribution is -2.29. The molecule has 34 heavy (non-hydrogen) atoms. The molecule has 1 fully saturated rings. The Morgan fingerprint density at radius 2 is 1.76 bits per heavy atom. The molecule has 1 saturated heterocycles. The fraction of sp³-hybridized carbons (Fsp3) is 0.231. The maximum absolute atomic E-state index is 13.5. The van der Waals surface area contributed by atoms with Gasteiger partial charge in [-0.25, -0.2) is 0 Å². The highest BCUT2D eigenvalue weighted by atomic mass is 35.5. The molecule has 1 aliphatic rings. The molecule has 1 aliphatic heterocycles. The first-order valence-corrected chi connectivity index (χ1v) is 11.1. The number of benzene rings is 3. The van der Waals surface area contributed by atoms with E-state index in [1.54, 1.807) is 41.3 Å². The molecule has 0 saturated carbocycles. The number of alkyl halides is 3. The van der Waals surface area contributed by atoms with Crippen LogP contribution < -0.4 is 9.64 Å². The molecular weight excluding hydrogens is 465 g/mol. The third-order valence-electron chi connectivity index (χ3n) is 5.55. The number of amides is 1. The fourth-order valence-corrected chi connectivity index (χ4v) is 4.06. The Bertz CT molecular complexity index is 1180. The zero-order valence-corrected chi connectivity index (χ0v) is 19.1. The maximum atomic E-state index is 13.5. The maximum Gasteiger partial charge on any atom is 0.422 e. The van der Waals surface area contributed by atoms with Crippen molar-refractivity contribution < 1.29 is 22.7 Å². The van der Waals surface area contributed by atoms with Crippen molar-refractivity contribution in [1.82, 2.24) is 0 Å². The van der Waals surface area contributed by atoms with Gasteiger partial charge in [-0.05, 0) is 54.4 Å². The molecule has 0 radical (unpaired) electrons. The van der Waals surface area contributed by atoms with E-state index in [0.717, 1.165) is 5.56 Å². The summed E-state index contributed by atoms with van der Waals surface area (Å²) in [6, 6.07) is 22.2. The number of ether oxygens (including phenoxy) is 1. The van der Waals surface area contributed by atoms with E-state index in [2.05, 4.69) is 0 Å². The van der Waals surface area contributed by atoms with Gasteiger partial charge in [-0.1, -0.05) is 54.1 Å². The predicted octanol–water partition coefficient (Wildman–Crippen LogP) is 6.96. The molecule has 4 nitrogen and oxygen atoms in total. The molecule has 0 bridgehead atoms. The van der Waals surface area contributed by atoms with Gasteiger partial charge in [-0.15, -0.1) is 0 Å². The van der Waals surface area contributed by atoms with E-state index in [1.165, 1.54) is 12.1 Å². The van der Waals surface area contributed by atoms with Crippen molar-refractivity contribution in [3.8, 4) is 5.75 Å². The summed E-state index contributed by atoms with van der Waals surface area (Å²) < 4.78 is 42.8. The highest BCUT2D eigenvalue weighted by molar-refractivity contribution is 6.46. The topological polar surface area (TPSA) is 41.9 Å². The second-order valence-electron chi connectivity index (χ2n) is 8.01. The van der Waals surface area contributed by atoms with Crippen molar-refractivity contribution in [3.05, 3.63) is 95.0 Å². The Morgan fingerprint density at radius 1 is 1.06 bits per heavy atom. The molecule has 2 atom stereocenters. The average Bonchev–Trinajstić information content (AvgIpc) is 3.14. The predicted molar refractivity (Wildman–Crippen MR) is 127 cm³/mol. The summed E-state index contributed by atoms with van der Waals surface area (Å²) in [5, 5.41) is 0.529. The van der Waals surface area contributed by atoms with Crippen molar-refractivity contribution >= 4 is 28.9 Å². The number of hydrogen-bond acceptors (Lipinski definition) is 3. The van der Waals surface area contributed by atoms with Crippen molar-refractivity contribution in [2.24, 2.45) is 4.99 Å². The first-order chi connectivity index (χ1) is 16.2. The summed E-state index contributed by atoms with van der Waals surface area (Å²) in [4.78, 5) is 19.8. The Labute approximate surface area is 200 Å². The molecule has 3 aromatic rings. The third kappa shape index (κ3) is 5.59. The van der Waals surface area contributed by atoms with Crippen LogP contribution in [0.2, 0.25) is 5.02 Å². The van der Waals surface area contributed by atoms with E-state index in [4.69, 9.17) is 21.3 Å². The number of carbonyl (C=O) groups is 1. The van der Waals surface area contributed by atoms with Crippen LogP contribution in [0.3, 0.4) is 0 Å². The summed E-state index contributed by atoms with van der Waals surface area (Å²) in [6.45, 7) is 0.531. The van der Waals surface area contributed by atoms with Crippen molar-refractivity contribution in [2.75, 3.05) is 11.5 Å². The molecule has 176 valence electrons. The van der Waals surface area contributed by atoms with Gasteiger partial charge in [-0.2, -0.15) is 13.2 Å². The van der Waals surface area contributed by atoms with Gasteiger partial charge >= 0.3 is 6.18 Å². The van der Waals surface area contributed by atoms with E-state index in [-0.39, 0.29) is 17.7 Å². The van der Waals surface area contributed by atoms with Gasteiger partial charge in [-0.3, -0.25) is 14.7 Å². The normalized spacial score (nSPS) is 18.4. The zero-order valence-electron chi connectivity index (χ0n) is 18.3. The third-order valence-corrected chi connectivity index (χ3v) is 5.80. The number of aliphatic imine (C=N–C) groups is 1. The molecule has 3 aromatic carbocycles. The summed E-state index contributed by atoms with van der Waals surface area (Å²) >= 11 is 6.03. The minimum Gasteiger partial charge on any atom is -0.484 e. The standard InChI is InChI=1S/C26H22ClF3N2O2/c1-17(18-6-3-2-4-7-18)31-23-15-24(32(25(23)33)21-12-10-20(27)11-13-21)19-8-5-9-22(14-19)34-16-26(28,29)30/h2-14,17,24H,15-16H2,1H3/t17-,24-/m1/s1. The van der Waals surface area contributed by atoms with Crippen molar-refractivity contribution in [2.45, 2.75) is 31.6 Å². The second kappa shape index (κ2) is 9.89. The van der Waals surface area contributed by atoms with Crippen LogP contribution in [0.15, 0.2) is 83.9 Å². The van der Waals surface area contributed by atoms with Gasteiger partial charge < -0.3 is 4.74 Å². The van der Waals surface area contributed by atoms with E-state index in [0.29, 0.717) is 28.4 Å². The minimum absolute atomic E-state index is 0.0846. The number of carbonyl (C=O) groups excluding carboxylic acids is 1. The number of hydrogen-bond donors (Lipinski definition) is 0. The highest BCUT2D eigenvalue weighted by Gasteiger charge is 2.39. The Kier molecular flexibility index (Phi) is 6.93. The first-order valence-electron chi connectivity index (χ1n) is 10.7. The molecule has 1 heterocycles. The number of halogens is 4. The molecule has 8 heteroatoms. The van der Waals surface area contributed by atoms with Crippen molar-refractivity contribution in [3.63, 3.8) is 0 Å². The Hall–Kier alpha value is -3.32. The lowest BCUT2D eigenvalue weighted by Gasteiger charge is -2.25. The largest absolute Gasteiger partial charge is 0.484 e. The Balaban J connectivity index is 1.68. The number of rotatable bonds is 6. The summed E-state index contributed by atoms with van der Waals surface area (Å²) in [5.41, 5.74) is 2.66. The molecular formula is C26H22ClF3N2O2. The van der Waals surface area contributed by atoms with E-state index < -0.39 is 18.8 Å². The first kappa shape index (κ1) is 23.8. The van der Waals surface area contributed by atoms with Crippen LogP contribution in [0.5, 0.6) is 5.75 Å². The number of anilines is 1. The van der Waals surface area contributed by atoms with Crippen LogP contribution in [0.4, 0.5) is 18.9 Å². The smallest absolute Gasteiger partial charge is 0.422 e. The molecule has 0 spiro atoms. The van der Waals surface area contributed by atoms with Crippen LogP contribution in [-0.2, 0) is 4.79 Å². The average molecular weight is 487 g/mol. The summed E-state index contributed by atoms with van der Waals surface area (Å²) in [6.07, 6.45) is -4.14. The highest BCUT2D eigenvalue weighted by Crippen LogP contribution is 2.38. The quantitative estimate of drug-likeness (QED) is 0.378. The van der Waals surface area contributed by atoms with Crippen molar-refractivity contribution in [1.29, 1.82) is 0 Å². The summed E-state index contributed by atoms with van der Waals surface area (Å²) in [7, 11) is 0. The number of nitrogens with zero attached hydrogens (tertiary/aromatic N) is 2. The lowest BCUT2D eigenvalue weighted by atomic mass is 10.0. The Morgan fingerprint density at radius 3 is 2.44 bits per heavy atom. The SMILES string of the molecule is C[C@@H](N=C1C[C@H](c2cccc(OCC(F)(F)F)c2)N(c2ccc(Cl)cc2)C1=O)c1ccccc1. The van der Waals surface area contributed by atoms with Gasteiger partial charge in [0.2, 0.25) is 0 Å². The molecule has 4 rings (SSSR count). The van der Waals surface area contributed by atoms with Crippen LogP contribution >= 0.6 is 11.6 Å². The van der Waals surface area contributed by atoms with Gasteiger partial charge in [0.25, 0.3) is 5.91 Å². The van der Waals surface area contributed by atoms with Gasteiger partial charge in [0, 0.05) is 17.1 Å². The lowest BCUT2D eigenvalue weighted by molar-refractivity contribution is -0.153. The minimum atomic E-state index is -4.44. The van der Waals surface area contributed by atoms with Gasteiger partial charge in [0.1, 0.15) is 11.5 Å². The molecule has 1 amide bonds. The van der Waals surface area contributed by atoms with Gasteiger partial charge in [0.15, 0.2) is 6.61 Å². The summed E-state index contributed by atoms with van der Waals surface area (Å²) in [5.74, 6) is -0.168. The van der Waals surface area contributed by atoms with Crippen LogP contribution in [0.25, 0.3) is 0 Å². The van der Waals surface area contributed by atoms with E-state index in [9.17, 15) is 18.0 Å². The van der Waals surface area contributed by atoms with E-state index in [1.807, 2.05) is 37.3 Å². The zero-order chi connectivity index (χ0) is 24.3. The van der Waals surface area contributed by atoms with Crippen LogP contribution in [-0.4, -0.2) is 24.4 Å². The second-order valence-corrected chi connectivity index (χ2v) is 8.45. The van der Waals surface area contributed by atoms with Crippen LogP contribution in [0.1, 0.15) is 36.6 Å². The fourth-order valence-electron chi connectivity index (χ4n) is 3.93. The molecule has 0 N–H and O–H groups in total.